The van der Waals surface area contributed by atoms with Crippen molar-refractivity contribution in [3.63, 3.8) is 0 Å². The molecule has 2 heterocycles. The van der Waals surface area contributed by atoms with Gasteiger partial charge in [-0.3, -0.25) is 0 Å². The Bertz CT molecular complexity index is 435. The fourth-order valence-electron chi connectivity index (χ4n) is 2.33. The Morgan fingerprint density at radius 1 is 1.61 bits per heavy atom. The molecule has 1 aromatic rings. The molecule has 2 N–H and O–H groups in total. The van der Waals surface area contributed by atoms with Crippen molar-refractivity contribution in [2.24, 2.45) is 0 Å². The number of nitrogens with one attached hydrogen (secondary N) is 2. The van der Waals surface area contributed by atoms with Gasteiger partial charge in [0.25, 0.3) is 0 Å². The molecule has 0 spiro atoms. The number of hydrogen-bond donors (Lipinski definition) is 2. The van der Waals surface area contributed by atoms with Gasteiger partial charge in [0.1, 0.15) is 17.6 Å². The van der Waals surface area contributed by atoms with Crippen LogP contribution in [-0.4, -0.2) is 37.3 Å². The fourth-order valence-corrected chi connectivity index (χ4v) is 2.33. The van der Waals surface area contributed by atoms with Crippen LogP contribution < -0.4 is 10.6 Å². The highest BCUT2D eigenvalue weighted by molar-refractivity contribution is 5.39. The molecule has 0 bridgehead atoms. The summed E-state index contributed by atoms with van der Waals surface area (Å²) < 4.78 is 5.29. The molecule has 18 heavy (non-hydrogen) atoms. The maximum absolute atomic E-state index is 8.80. The molecule has 0 amide bonds. The van der Waals surface area contributed by atoms with E-state index in [2.05, 4.69) is 15.6 Å². The van der Waals surface area contributed by atoms with E-state index in [9.17, 15) is 0 Å². The predicted octanol–water partition coefficient (Wildman–Crippen LogP) is 1.13. The SMILES string of the molecule is COCC1(CNc2cccc(C#N)n2)CCCN1. The van der Waals surface area contributed by atoms with Gasteiger partial charge >= 0.3 is 0 Å². The molecule has 5 heteroatoms. The van der Waals surface area contributed by atoms with Gasteiger partial charge in [0.15, 0.2) is 0 Å². The standard InChI is InChI=1S/C13H18N4O/c1-18-10-13(6-3-7-16-13)9-15-12-5-2-4-11(8-14)17-12/h2,4-5,16H,3,6-7,9-10H2,1H3,(H,15,17). The highest BCUT2D eigenvalue weighted by Crippen LogP contribution is 2.20. The van der Waals surface area contributed by atoms with E-state index in [0.29, 0.717) is 12.3 Å². The molecular weight excluding hydrogens is 228 g/mol. The van der Waals surface area contributed by atoms with Crippen LogP contribution >= 0.6 is 0 Å². The van der Waals surface area contributed by atoms with E-state index in [0.717, 1.165) is 31.7 Å². The van der Waals surface area contributed by atoms with Crippen molar-refractivity contribution in [3.05, 3.63) is 23.9 Å². The van der Waals surface area contributed by atoms with E-state index >= 15 is 0 Å². The first-order valence-electron chi connectivity index (χ1n) is 6.13. The van der Waals surface area contributed by atoms with Crippen molar-refractivity contribution in [3.8, 4) is 6.07 Å². The summed E-state index contributed by atoms with van der Waals surface area (Å²) in [6.45, 7) is 2.46. The molecule has 0 aromatic carbocycles. The zero-order chi connectivity index (χ0) is 12.8. The lowest BCUT2D eigenvalue weighted by atomic mass is 9.99. The second-order valence-electron chi connectivity index (χ2n) is 4.62. The summed E-state index contributed by atoms with van der Waals surface area (Å²) in [6, 6.07) is 7.44. The number of methoxy groups -OCH3 is 1. The number of nitrogens with zero attached hydrogens (tertiary/aromatic N) is 2. The molecule has 1 saturated heterocycles. The van der Waals surface area contributed by atoms with Gasteiger partial charge in [-0.05, 0) is 31.5 Å². The van der Waals surface area contributed by atoms with Gasteiger partial charge < -0.3 is 15.4 Å². The summed E-state index contributed by atoms with van der Waals surface area (Å²) in [7, 11) is 1.72. The number of nitriles is 1. The van der Waals surface area contributed by atoms with Gasteiger partial charge in [-0.1, -0.05) is 6.07 Å². The summed E-state index contributed by atoms with van der Waals surface area (Å²) in [6.07, 6.45) is 2.25. The van der Waals surface area contributed by atoms with Crippen molar-refractivity contribution in [1.29, 1.82) is 5.26 Å². The van der Waals surface area contributed by atoms with E-state index < -0.39 is 0 Å². The van der Waals surface area contributed by atoms with Crippen LogP contribution in [0.2, 0.25) is 0 Å². The van der Waals surface area contributed by atoms with Gasteiger partial charge in [0.2, 0.25) is 0 Å². The minimum absolute atomic E-state index is 0.0148. The molecule has 2 rings (SSSR count). The molecule has 96 valence electrons. The van der Waals surface area contributed by atoms with Crippen LogP contribution in [-0.2, 0) is 4.74 Å². The summed E-state index contributed by atoms with van der Waals surface area (Å²) >= 11 is 0. The van der Waals surface area contributed by atoms with Gasteiger partial charge in [-0.15, -0.1) is 0 Å². The summed E-state index contributed by atoms with van der Waals surface area (Å²) in [5, 5.41) is 15.6. The molecule has 1 aromatic heterocycles. The fraction of sp³-hybridized carbons (Fsp3) is 0.538. The van der Waals surface area contributed by atoms with E-state index in [-0.39, 0.29) is 5.54 Å². The molecule has 1 aliphatic rings. The topological polar surface area (TPSA) is 70.0 Å². The van der Waals surface area contributed by atoms with Crippen LogP contribution in [0.4, 0.5) is 5.82 Å². The third-order valence-electron chi connectivity index (χ3n) is 3.22. The number of ether oxygens (including phenoxy) is 1. The Hall–Kier alpha value is -1.64. The third-order valence-corrected chi connectivity index (χ3v) is 3.22. The Morgan fingerprint density at radius 3 is 3.17 bits per heavy atom. The van der Waals surface area contributed by atoms with E-state index in [1.807, 2.05) is 18.2 Å². The number of rotatable bonds is 5. The Balaban J connectivity index is 1.99. The normalized spacial score (nSPS) is 22.7. The first-order valence-corrected chi connectivity index (χ1v) is 6.13. The lowest BCUT2D eigenvalue weighted by molar-refractivity contribution is 0.127. The highest BCUT2D eigenvalue weighted by Gasteiger charge is 2.33. The largest absolute Gasteiger partial charge is 0.383 e. The molecular formula is C13H18N4O. The number of pyridine rings is 1. The molecule has 0 aliphatic carbocycles. The first kappa shape index (κ1) is 12.8. The van der Waals surface area contributed by atoms with Crippen molar-refractivity contribution < 1.29 is 4.74 Å². The van der Waals surface area contributed by atoms with Crippen LogP contribution in [0.25, 0.3) is 0 Å². The van der Waals surface area contributed by atoms with Crippen LogP contribution in [0.5, 0.6) is 0 Å². The Morgan fingerprint density at radius 2 is 2.50 bits per heavy atom. The van der Waals surface area contributed by atoms with Gasteiger partial charge in [0, 0.05) is 13.7 Å². The number of anilines is 1. The monoisotopic (exact) mass is 246 g/mol. The van der Waals surface area contributed by atoms with Crippen LogP contribution in [0.1, 0.15) is 18.5 Å². The average Bonchev–Trinajstić information content (AvgIpc) is 2.86. The maximum atomic E-state index is 8.80. The maximum Gasteiger partial charge on any atom is 0.142 e. The zero-order valence-corrected chi connectivity index (χ0v) is 10.6. The molecule has 1 unspecified atom stereocenters. The van der Waals surface area contributed by atoms with Gasteiger partial charge in [0.05, 0.1) is 12.1 Å². The number of hydrogen-bond acceptors (Lipinski definition) is 5. The molecule has 1 fully saturated rings. The summed E-state index contributed by atoms with van der Waals surface area (Å²) in [4.78, 5) is 4.20. The molecule has 1 aliphatic heterocycles. The lowest BCUT2D eigenvalue weighted by Gasteiger charge is -2.29. The van der Waals surface area contributed by atoms with E-state index in [4.69, 9.17) is 10.00 Å². The second kappa shape index (κ2) is 5.80. The summed E-state index contributed by atoms with van der Waals surface area (Å²) in [5.74, 6) is 0.734. The van der Waals surface area contributed by atoms with Crippen molar-refractivity contribution in [2.75, 3.05) is 32.1 Å². The highest BCUT2D eigenvalue weighted by atomic mass is 16.5. The first-order chi connectivity index (χ1) is 8.78. The Labute approximate surface area is 107 Å². The van der Waals surface area contributed by atoms with Crippen LogP contribution in [0.15, 0.2) is 18.2 Å². The lowest BCUT2D eigenvalue weighted by Crippen LogP contribution is -2.49. The van der Waals surface area contributed by atoms with Gasteiger partial charge in [-0.2, -0.15) is 5.26 Å². The molecule has 0 radical (unpaired) electrons. The average molecular weight is 246 g/mol. The molecule has 1 atom stereocenters. The zero-order valence-electron chi connectivity index (χ0n) is 10.6. The van der Waals surface area contributed by atoms with E-state index in [1.165, 1.54) is 0 Å². The minimum Gasteiger partial charge on any atom is -0.383 e. The number of aromatic nitrogens is 1. The van der Waals surface area contributed by atoms with Crippen molar-refractivity contribution in [2.45, 2.75) is 18.4 Å². The van der Waals surface area contributed by atoms with Crippen molar-refractivity contribution >= 4 is 5.82 Å². The van der Waals surface area contributed by atoms with Crippen LogP contribution in [0.3, 0.4) is 0 Å². The van der Waals surface area contributed by atoms with Crippen molar-refractivity contribution in [1.82, 2.24) is 10.3 Å². The predicted molar refractivity (Wildman–Crippen MR) is 69.3 cm³/mol. The second-order valence-corrected chi connectivity index (χ2v) is 4.62. The minimum atomic E-state index is -0.0148. The smallest absolute Gasteiger partial charge is 0.142 e. The summed E-state index contributed by atoms with van der Waals surface area (Å²) in [5.41, 5.74) is 0.416. The quantitative estimate of drug-likeness (QED) is 0.815. The molecule has 5 nitrogen and oxygen atoms in total. The van der Waals surface area contributed by atoms with Crippen LogP contribution in [0, 0.1) is 11.3 Å². The Kier molecular flexibility index (Phi) is 4.13. The molecule has 0 saturated carbocycles. The third kappa shape index (κ3) is 2.97. The van der Waals surface area contributed by atoms with Gasteiger partial charge in [-0.25, -0.2) is 4.98 Å². The van der Waals surface area contributed by atoms with E-state index in [1.54, 1.807) is 13.2 Å².